The SMILES string of the molecule is CC(C)(C)OC(=O)CN1CCC(n2cc(B3OC(C)(C)C(C)(C)O3)cn2)CC1. The number of carbonyl (C=O) groups is 1. The average molecular weight is 391 g/mol. The van der Waals surface area contributed by atoms with Crippen LogP contribution in [0.25, 0.3) is 0 Å². The van der Waals surface area contributed by atoms with Gasteiger partial charge in [-0.05, 0) is 61.3 Å². The number of nitrogens with zero attached hydrogens (tertiary/aromatic N) is 3. The molecule has 0 bridgehead atoms. The summed E-state index contributed by atoms with van der Waals surface area (Å²) < 4.78 is 19.7. The Hall–Kier alpha value is -1.38. The Balaban J connectivity index is 1.53. The maximum absolute atomic E-state index is 12.0. The van der Waals surface area contributed by atoms with Crippen LogP contribution in [-0.4, -0.2) is 64.2 Å². The van der Waals surface area contributed by atoms with Crippen molar-refractivity contribution in [2.45, 2.75) is 84.2 Å². The maximum atomic E-state index is 12.0. The number of hydrogen-bond donors (Lipinski definition) is 0. The first-order valence-electron chi connectivity index (χ1n) is 10.2. The number of piperidine rings is 1. The second-order valence-corrected chi connectivity index (χ2v) is 9.94. The number of carbonyl (C=O) groups excluding carboxylic acids is 1. The molecule has 1 aromatic rings. The lowest BCUT2D eigenvalue weighted by Crippen LogP contribution is -2.41. The van der Waals surface area contributed by atoms with Gasteiger partial charge in [0.1, 0.15) is 5.60 Å². The molecule has 0 aromatic carbocycles. The zero-order chi connectivity index (χ0) is 20.7. The molecular formula is C20H34BN3O4. The minimum Gasteiger partial charge on any atom is -0.459 e. The van der Waals surface area contributed by atoms with Gasteiger partial charge in [-0.25, -0.2) is 0 Å². The molecule has 3 rings (SSSR count). The van der Waals surface area contributed by atoms with Crippen LogP contribution < -0.4 is 5.46 Å². The van der Waals surface area contributed by atoms with E-state index in [4.69, 9.17) is 14.0 Å². The van der Waals surface area contributed by atoms with Crippen LogP contribution in [0.2, 0.25) is 0 Å². The molecule has 0 saturated carbocycles. The summed E-state index contributed by atoms with van der Waals surface area (Å²) in [6, 6.07) is 0.325. The van der Waals surface area contributed by atoms with E-state index in [9.17, 15) is 4.79 Å². The van der Waals surface area contributed by atoms with Crippen LogP contribution in [0.4, 0.5) is 0 Å². The Morgan fingerprint density at radius 2 is 1.79 bits per heavy atom. The van der Waals surface area contributed by atoms with Crippen molar-refractivity contribution in [3.63, 3.8) is 0 Å². The van der Waals surface area contributed by atoms with Gasteiger partial charge < -0.3 is 14.0 Å². The number of likely N-dealkylation sites (tertiary alicyclic amines) is 1. The number of hydrogen-bond acceptors (Lipinski definition) is 6. The minimum absolute atomic E-state index is 0.159. The fourth-order valence-corrected chi connectivity index (χ4v) is 3.55. The summed E-state index contributed by atoms with van der Waals surface area (Å²) in [4.78, 5) is 14.2. The summed E-state index contributed by atoms with van der Waals surface area (Å²) in [5, 5.41) is 4.56. The van der Waals surface area contributed by atoms with Gasteiger partial charge >= 0.3 is 13.1 Å². The topological polar surface area (TPSA) is 65.8 Å². The molecular weight excluding hydrogens is 357 g/mol. The molecule has 2 fully saturated rings. The lowest BCUT2D eigenvalue weighted by Gasteiger charge is -2.32. The van der Waals surface area contributed by atoms with Crippen LogP contribution in [0.15, 0.2) is 12.4 Å². The molecule has 0 amide bonds. The highest BCUT2D eigenvalue weighted by Gasteiger charge is 2.52. The second kappa shape index (κ2) is 7.46. The minimum atomic E-state index is -0.436. The molecule has 0 unspecified atom stereocenters. The lowest BCUT2D eigenvalue weighted by atomic mass is 9.82. The molecule has 0 spiro atoms. The third-order valence-electron chi connectivity index (χ3n) is 5.85. The fraction of sp³-hybridized carbons (Fsp3) is 0.800. The summed E-state index contributed by atoms with van der Waals surface area (Å²) in [7, 11) is -0.383. The van der Waals surface area contributed by atoms with E-state index >= 15 is 0 Å². The Labute approximate surface area is 168 Å². The molecule has 3 heterocycles. The first-order valence-corrected chi connectivity index (χ1v) is 10.2. The van der Waals surface area contributed by atoms with Crippen LogP contribution in [0.1, 0.15) is 67.3 Å². The number of rotatable bonds is 4. The maximum Gasteiger partial charge on any atom is 0.498 e. The van der Waals surface area contributed by atoms with Gasteiger partial charge in [0.2, 0.25) is 0 Å². The number of ether oxygens (including phenoxy) is 1. The second-order valence-electron chi connectivity index (χ2n) is 9.94. The zero-order valence-corrected chi connectivity index (χ0v) is 18.3. The van der Waals surface area contributed by atoms with Crippen molar-refractivity contribution in [3.8, 4) is 0 Å². The Morgan fingerprint density at radius 3 is 2.32 bits per heavy atom. The van der Waals surface area contributed by atoms with E-state index < -0.39 is 5.60 Å². The van der Waals surface area contributed by atoms with Gasteiger partial charge in [-0.2, -0.15) is 5.10 Å². The summed E-state index contributed by atoms with van der Waals surface area (Å²) >= 11 is 0. The Morgan fingerprint density at radius 1 is 1.21 bits per heavy atom. The van der Waals surface area contributed by atoms with Gasteiger partial charge in [-0.1, -0.05) is 0 Å². The van der Waals surface area contributed by atoms with Gasteiger partial charge in [-0.15, -0.1) is 0 Å². The Kier molecular flexibility index (Phi) is 5.69. The standard InChI is InChI=1S/C20H34BN3O4/c1-18(2,3)26-17(25)14-23-10-8-16(9-11-23)24-13-15(12-22-24)21-27-19(4,5)20(6,7)28-21/h12-13,16H,8-11,14H2,1-7H3. The monoisotopic (exact) mass is 391 g/mol. The van der Waals surface area contributed by atoms with Gasteiger partial charge in [0.05, 0.1) is 23.8 Å². The first-order chi connectivity index (χ1) is 12.9. The number of esters is 1. The highest BCUT2D eigenvalue weighted by Crippen LogP contribution is 2.36. The van der Waals surface area contributed by atoms with E-state index in [1.807, 2.05) is 37.8 Å². The lowest BCUT2D eigenvalue weighted by molar-refractivity contribution is -0.156. The van der Waals surface area contributed by atoms with E-state index in [2.05, 4.69) is 37.7 Å². The van der Waals surface area contributed by atoms with Gasteiger partial charge in [-0.3, -0.25) is 14.4 Å². The van der Waals surface area contributed by atoms with E-state index in [1.165, 1.54) is 0 Å². The first kappa shape index (κ1) is 21.3. The predicted molar refractivity (Wildman–Crippen MR) is 108 cm³/mol. The molecule has 2 aliphatic rings. The van der Waals surface area contributed by atoms with Crippen molar-refractivity contribution in [1.82, 2.24) is 14.7 Å². The molecule has 1 aromatic heterocycles. The molecule has 0 N–H and O–H groups in total. The molecule has 2 aliphatic heterocycles. The normalized spacial score (nSPS) is 23.2. The molecule has 7 nitrogen and oxygen atoms in total. The molecule has 156 valence electrons. The highest BCUT2D eigenvalue weighted by atomic mass is 16.7. The molecule has 8 heteroatoms. The third kappa shape index (κ3) is 4.78. The van der Waals surface area contributed by atoms with Gasteiger partial charge in [0, 0.05) is 30.9 Å². The van der Waals surface area contributed by atoms with Crippen molar-refractivity contribution in [2.24, 2.45) is 0 Å². The van der Waals surface area contributed by atoms with Gasteiger partial charge in [0.25, 0.3) is 0 Å². The van der Waals surface area contributed by atoms with Crippen LogP contribution in [0.5, 0.6) is 0 Å². The summed E-state index contributed by atoms with van der Waals surface area (Å²) in [6.07, 6.45) is 5.78. The average Bonchev–Trinajstić information content (AvgIpc) is 3.09. The van der Waals surface area contributed by atoms with Crippen LogP contribution in [0, 0.1) is 0 Å². The summed E-state index contributed by atoms with van der Waals surface area (Å²) in [6.45, 7) is 16.0. The van der Waals surface area contributed by atoms with Crippen molar-refractivity contribution in [2.75, 3.05) is 19.6 Å². The Bertz CT molecular complexity index is 687. The van der Waals surface area contributed by atoms with Crippen molar-refractivity contribution in [3.05, 3.63) is 12.4 Å². The van der Waals surface area contributed by atoms with E-state index in [1.54, 1.807) is 0 Å². The van der Waals surface area contributed by atoms with Gasteiger partial charge in [0.15, 0.2) is 0 Å². The molecule has 0 atom stereocenters. The van der Waals surface area contributed by atoms with E-state index in [0.717, 1.165) is 31.4 Å². The quantitative estimate of drug-likeness (QED) is 0.579. The highest BCUT2D eigenvalue weighted by molar-refractivity contribution is 6.62. The zero-order valence-electron chi connectivity index (χ0n) is 18.3. The fourth-order valence-electron chi connectivity index (χ4n) is 3.55. The van der Waals surface area contributed by atoms with E-state index in [0.29, 0.717) is 12.6 Å². The predicted octanol–water partition coefficient (Wildman–Crippen LogP) is 2.16. The van der Waals surface area contributed by atoms with Crippen molar-refractivity contribution < 1.29 is 18.8 Å². The summed E-state index contributed by atoms with van der Waals surface area (Å²) in [5.41, 5.74) is -0.191. The number of aromatic nitrogens is 2. The molecule has 0 aliphatic carbocycles. The smallest absolute Gasteiger partial charge is 0.459 e. The van der Waals surface area contributed by atoms with Crippen LogP contribution >= 0.6 is 0 Å². The molecule has 0 radical (unpaired) electrons. The van der Waals surface area contributed by atoms with Crippen molar-refractivity contribution in [1.29, 1.82) is 0 Å². The molecule has 2 saturated heterocycles. The van der Waals surface area contributed by atoms with E-state index in [-0.39, 0.29) is 24.3 Å². The largest absolute Gasteiger partial charge is 0.498 e. The third-order valence-corrected chi connectivity index (χ3v) is 5.85. The van der Waals surface area contributed by atoms with Crippen molar-refractivity contribution >= 4 is 18.6 Å². The molecule has 28 heavy (non-hydrogen) atoms. The van der Waals surface area contributed by atoms with Crippen LogP contribution in [0.3, 0.4) is 0 Å². The van der Waals surface area contributed by atoms with Crippen LogP contribution in [-0.2, 0) is 18.8 Å². The summed E-state index contributed by atoms with van der Waals surface area (Å²) in [5.74, 6) is -0.159.